The van der Waals surface area contributed by atoms with Gasteiger partial charge in [0.05, 0.1) is 17.7 Å². The molecule has 0 atom stereocenters. The van der Waals surface area contributed by atoms with Crippen molar-refractivity contribution < 1.29 is 48.9 Å². The Morgan fingerprint density at radius 2 is 1.68 bits per heavy atom. The Bertz CT molecular complexity index is 1650. The fourth-order valence-corrected chi connectivity index (χ4v) is 4.33. The summed E-state index contributed by atoms with van der Waals surface area (Å²) in [6, 6.07) is 15.2. The van der Waals surface area contributed by atoms with E-state index in [-0.39, 0.29) is 52.9 Å². The average Bonchev–Trinajstić information content (AvgIpc) is 3.28. The lowest BCUT2D eigenvalue weighted by molar-refractivity contribution is -0.0500. The van der Waals surface area contributed by atoms with Crippen molar-refractivity contribution in [3.63, 3.8) is 0 Å². The number of carbonyl (C=O) groups excluding carboxylic acids is 2. The van der Waals surface area contributed by atoms with Crippen LogP contribution in [0.3, 0.4) is 0 Å². The minimum Gasteiger partial charge on any atom is -0.462 e. The van der Waals surface area contributed by atoms with Gasteiger partial charge in [-0.2, -0.15) is 21.6 Å². The standard InChI is InChI=1S/C27H21F4NO7S/c1-32-25(33)23-20-15-21(39-40(35,36)27(29,30)31)18(8-5-13-37-26(34)17-6-3-2-4-7-17)14-22(20)38-24(23)16-9-11-19(28)12-10-16/h2-4,6-7,9-12,14-15H,5,8,13H2,1H3,(H,32,33). The van der Waals surface area contributed by atoms with E-state index in [1.807, 2.05) is 0 Å². The number of carbonyl (C=O) groups is 2. The predicted molar refractivity (Wildman–Crippen MR) is 136 cm³/mol. The molecule has 1 N–H and O–H groups in total. The van der Waals surface area contributed by atoms with Crippen LogP contribution in [0.4, 0.5) is 17.6 Å². The molecule has 1 heterocycles. The highest BCUT2D eigenvalue weighted by Gasteiger charge is 2.49. The van der Waals surface area contributed by atoms with E-state index in [4.69, 9.17) is 9.15 Å². The van der Waals surface area contributed by atoms with Crippen LogP contribution in [0.5, 0.6) is 5.75 Å². The first-order valence-electron chi connectivity index (χ1n) is 11.7. The number of hydrogen-bond acceptors (Lipinski definition) is 7. The molecule has 13 heteroatoms. The largest absolute Gasteiger partial charge is 0.534 e. The number of ether oxygens (including phenoxy) is 1. The zero-order chi connectivity index (χ0) is 29.1. The van der Waals surface area contributed by atoms with Crippen molar-refractivity contribution in [3.8, 4) is 17.1 Å². The minimum atomic E-state index is -6.07. The molecule has 210 valence electrons. The van der Waals surface area contributed by atoms with Crippen molar-refractivity contribution in [1.29, 1.82) is 0 Å². The number of fused-ring (bicyclic) bond motifs is 1. The Morgan fingerprint density at radius 3 is 2.30 bits per heavy atom. The molecule has 3 aromatic carbocycles. The van der Waals surface area contributed by atoms with Gasteiger partial charge < -0.3 is 18.7 Å². The molecule has 4 aromatic rings. The highest BCUT2D eigenvalue weighted by Crippen LogP contribution is 2.39. The summed E-state index contributed by atoms with van der Waals surface area (Å²) in [5.74, 6) is -2.56. The third-order valence-electron chi connectivity index (χ3n) is 5.75. The minimum absolute atomic E-state index is 0.0149. The zero-order valence-electron chi connectivity index (χ0n) is 20.8. The van der Waals surface area contributed by atoms with Crippen LogP contribution in [0, 0.1) is 5.82 Å². The topological polar surface area (TPSA) is 112 Å². The molecule has 8 nitrogen and oxygen atoms in total. The van der Waals surface area contributed by atoms with Gasteiger partial charge in [-0.05, 0) is 66.9 Å². The number of halogens is 4. The quantitative estimate of drug-likeness (QED) is 0.0901. The molecule has 0 spiro atoms. The van der Waals surface area contributed by atoms with Gasteiger partial charge in [0.1, 0.15) is 22.9 Å². The number of alkyl halides is 3. The number of hydrogen-bond donors (Lipinski definition) is 1. The maximum Gasteiger partial charge on any atom is 0.534 e. The summed E-state index contributed by atoms with van der Waals surface area (Å²) in [4.78, 5) is 24.9. The Balaban J connectivity index is 1.73. The Hall–Kier alpha value is -4.39. The van der Waals surface area contributed by atoms with Gasteiger partial charge in [-0.25, -0.2) is 9.18 Å². The molecule has 0 aliphatic carbocycles. The van der Waals surface area contributed by atoms with Crippen molar-refractivity contribution in [3.05, 3.63) is 89.2 Å². The smallest absolute Gasteiger partial charge is 0.462 e. The second kappa shape index (κ2) is 11.4. The number of aryl methyl sites for hydroxylation is 1. The summed E-state index contributed by atoms with van der Waals surface area (Å²) >= 11 is 0. The molecule has 0 radical (unpaired) electrons. The lowest BCUT2D eigenvalue weighted by Crippen LogP contribution is -2.28. The first kappa shape index (κ1) is 28.6. The van der Waals surface area contributed by atoms with Gasteiger partial charge in [-0.15, -0.1) is 0 Å². The third kappa shape index (κ3) is 6.09. The highest BCUT2D eigenvalue weighted by atomic mass is 32.2. The number of rotatable bonds is 9. The van der Waals surface area contributed by atoms with Gasteiger partial charge in [0, 0.05) is 18.0 Å². The lowest BCUT2D eigenvalue weighted by atomic mass is 10.0. The van der Waals surface area contributed by atoms with Crippen LogP contribution in [-0.2, 0) is 21.3 Å². The molecule has 0 saturated heterocycles. The van der Waals surface area contributed by atoms with E-state index < -0.39 is 39.1 Å². The molecular weight excluding hydrogens is 558 g/mol. The molecule has 1 aromatic heterocycles. The summed E-state index contributed by atoms with van der Waals surface area (Å²) in [7, 11) is -4.76. The number of esters is 1. The summed E-state index contributed by atoms with van der Waals surface area (Å²) in [6.07, 6.45) is 0.00292. The summed E-state index contributed by atoms with van der Waals surface area (Å²) in [5.41, 5.74) is -5.23. The van der Waals surface area contributed by atoms with Crippen LogP contribution in [0.15, 0.2) is 71.1 Å². The van der Waals surface area contributed by atoms with Gasteiger partial charge in [0.25, 0.3) is 5.91 Å². The van der Waals surface area contributed by atoms with Gasteiger partial charge in [0.15, 0.2) is 0 Å². The molecular formula is C27H21F4NO7S. The highest BCUT2D eigenvalue weighted by molar-refractivity contribution is 7.88. The van der Waals surface area contributed by atoms with Gasteiger partial charge in [-0.3, -0.25) is 4.79 Å². The summed E-state index contributed by atoms with van der Waals surface area (Å²) in [6.45, 7) is -0.139. The van der Waals surface area contributed by atoms with Crippen LogP contribution in [0.25, 0.3) is 22.3 Å². The molecule has 0 saturated carbocycles. The van der Waals surface area contributed by atoms with Crippen molar-refractivity contribution in [2.24, 2.45) is 0 Å². The van der Waals surface area contributed by atoms with E-state index >= 15 is 0 Å². The summed E-state index contributed by atoms with van der Waals surface area (Å²) < 4.78 is 92.2. The molecule has 1 amide bonds. The maximum absolute atomic E-state index is 13.5. The molecule has 0 unspecified atom stereocenters. The monoisotopic (exact) mass is 579 g/mol. The third-order valence-corrected chi connectivity index (χ3v) is 6.71. The van der Waals surface area contributed by atoms with E-state index in [2.05, 4.69) is 9.50 Å². The van der Waals surface area contributed by atoms with Crippen LogP contribution < -0.4 is 9.50 Å². The molecule has 0 aliphatic heterocycles. The lowest BCUT2D eigenvalue weighted by Gasteiger charge is -2.13. The van der Waals surface area contributed by atoms with Crippen molar-refractivity contribution in [1.82, 2.24) is 5.32 Å². The van der Waals surface area contributed by atoms with E-state index in [1.165, 1.54) is 25.2 Å². The average molecular weight is 580 g/mol. The Labute approximate surface area is 225 Å². The predicted octanol–water partition coefficient (Wildman–Crippen LogP) is 5.62. The molecule has 0 bridgehead atoms. The van der Waals surface area contributed by atoms with Crippen LogP contribution in [-0.4, -0.2) is 39.5 Å². The van der Waals surface area contributed by atoms with E-state index in [0.29, 0.717) is 5.56 Å². The van der Waals surface area contributed by atoms with Gasteiger partial charge >= 0.3 is 21.6 Å². The van der Waals surface area contributed by atoms with Crippen LogP contribution in [0.2, 0.25) is 0 Å². The van der Waals surface area contributed by atoms with E-state index in [1.54, 1.807) is 30.3 Å². The number of nitrogens with one attached hydrogen (secondary N) is 1. The van der Waals surface area contributed by atoms with Crippen LogP contribution >= 0.6 is 0 Å². The number of furan rings is 1. The molecule has 4 rings (SSSR count). The molecule has 40 heavy (non-hydrogen) atoms. The molecule has 0 fully saturated rings. The fourth-order valence-electron chi connectivity index (χ4n) is 3.84. The van der Waals surface area contributed by atoms with Crippen LogP contribution in [0.1, 0.15) is 32.7 Å². The van der Waals surface area contributed by atoms with Crippen molar-refractivity contribution >= 4 is 33.0 Å². The van der Waals surface area contributed by atoms with Gasteiger partial charge in [-0.1, -0.05) is 18.2 Å². The Kier molecular flexibility index (Phi) is 8.14. The second-order valence-corrected chi connectivity index (χ2v) is 9.97. The Morgan fingerprint density at radius 1 is 1.00 bits per heavy atom. The normalized spacial score (nSPS) is 11.8. The van der Waals surface area contributed by atoms with Crippen molar-refractivity contribution in [2.45, 2.75) is 18.3 Å². The van der Waals surface area contributed by atoms with Crippen molar-refractivity contribution in [2.75, 3.05) is 13.7 Å². The summed E-state index contributed by atoms with van der Waals surface area (Å²) in [5, 5.41) is 2.36. The molecule has 0 aliphatic rings. The first-order chi connectivity index (χ1) is 18.9. The number of benzene rings is 3. The first-order valence-corrected chi connectivity index (χ1v) is 13.1. The van der Waals surface area contributed by atoms with E-state index in [0.717, 1.165) is 18.2 Å². The maximum atomic E-state index is 13.5. The second-order valence-electron chi connectivity index (χ2n) is 8.44. The van der Waals surface area contributed by atoms with E-state index in [9.17, 15) is 35.6 Å². The number of amides is 1. The zero-order valence-corrected chi connectivity index (χ0v) is 21.6. The SMILES string of the molecule is CNC(=O)c1c(-c2ccc(F)cc2)oc2cc(CCCOC(=O)c3ccccc3)c(OS(=O)(=O)C(F)(F)F)cc12. The van der Waals surface area contributed by atoms with Gasteiger partial charge in [0.2, 0.25) is 0 Å². The fraction of sp³-hybridized carbons (Fsp3) is 0.185.